The molecule has 0 atom stereocenters. The first-order valence-corrected chi connectivity index (χ1v) is 4.91. The predicted molar refractivity (Wildman–Crippen MR) is 57.3 cm³/mol. The summed E-state index contributed by atoms with van der Waals surface area (Å²) < 4.78 is 15.2. The Balaban J connectivity index is 2.94. The highest BCUT2D eigenvalue weighted by atomic mass is 16.5. The molecule has 0 unspecified atom stereocenters. The van der Waals surface area contributed by atoms with Crippen molar-refractivity contribution in [1.29, 1.82) is 0 Å². The largest absolute Gasteiger partial charge is 0.465 e. The molecule has 0 bridgehead atoms. The third-order valence-electron chi connectivity index (χ3n) is 1.45. The van der Waals surface area contributed by atoms with E-state index in [0.717, 1.165) is 0 Å². The molecular formula is C10H17NO5. The molecule has 0 aromatic heterocycles. The van der Waals surface area contributed by atoms with Crippen LogP contribution in [0.25, 0.3) is 0 Å². The summed E-state index contributed by atoms with van der Waals surface area (Å²) in [6, 6.07) is 0. The van der Waals surface area contributed by atoms with E-state index in [9.17, 15) is 4.79 Å². The molecule has 0 spiro atoms. The third-order valence-corrected chi connectivity index (χ3v) is 1.45. The number of carboxylic acid groups (broad SMARTS) is 1. The number of ether oxygens (including phenoxy) is 3. The summed E-state index contributed by atoms with van der Waals surface area (Å²) in [4.78, 5) is 10.0. The lowest BCUT2D eigenvalue weighted by atomic mass is 10.6. The molecular weight excluding hydrogens is 214 g/mol. The molecule has 92 valence electrons. The highest BCUT2D eigenvalue weighted by molar-refractivity contribution is 5.64. The standard InChI is InChI=1S/C10H17NO5/c1-2-4-14-6-8-16-9-7-15-5-3-11-10(12)13/h1,11H,3-9H2,(H,12,13). The summed E-state index contributed by atoms with van der Waals surface area (Å²) in [5.74, 6) is 2.34. The number of nitrogens with one attached hydrogen (secondary N) is 1. The third kappa shape index (κ3) is 12.7. The first-order valence-electron chi connectivity index (χ1n) is 4.91. The minimum absolute atomic E-state index is 0.278. The van der Waals surface area contributed by atoms with Crippen LogP contribution in [0.2, 0.25) is 0 Å². The van der Waals surface area contributed by atoms with Crippen molar-refractivity contribution >= 4 is 6.09 Å². The Morgan fingerprint density at radius 2 is 1.69 bits per heavy atom. The van der Waals surface area contributed by atoms with Gasteiger partial charge in [-0.3, -0.25) is 0 Å². The molecule has 2 N–H and O–H groups in total. The van der Waals surface area contributed by atoms with Crippen LogP contribution in [0, 0.1) is 12.3 Å². The van der Waals surface area contributed by atoms with E-state index in [2.05, 4.69) is 11.2 Å². The Labute approximate surface area is 94.9 Å². The zero-order chi connectivity index (χ0) is 12.1. The Kier molecular flexibility index (Phi) is 10.8. The Bertz CT molecular complexity index is 214. The van der Waals surface area contributed by atoms with E-state index >= 15 is 0 Å². The quantitative estimate of drug-likeness (QED) is 0.407. The van der Waals surface area contributed by atoms with Gasteiger partial charge in [-0.25, -0.2) is 4.79 Å². The van der Waals surface area contributed by atoms with E-state index in [1.165, 1.54) is 0 Å². The van der Waals surface area contributed by atoms with Gasteiger partial charge in [0.1, 0.15) is 6.61 Å². The summed E-state index contributed by atoms with van der Waals surface area (Å²) in [5.41, 5.74) is 0. The second kappa shape index (κ2) is 11.8. The number of carbonyl (C=O) groups is 1. The van der Waals surface area contributed by atoms with Crippen LogP contribution in [0.3, 0.4) is 0 Å². The summed E-state index contributed by atoms with van der Waals surface area (Å²) >= 11 is 0. The molecule has 1 amide bonds. The van der Waals surface area contributed by atoms with Gasteiger partial charge >= 0.3 is 6.09 Å². The SMILES string of the molecule is C#CCOCCOCCOCCNC(=O)O. The summed E-state index contributed by atoms with van der Waals surface area (Å²) in [5, 5.41) is 10.4. The second-order valence-corrected chi connectivity index (χ2v) is 2.71. The minimum Gasteiger partial charge on any atom is -0.465 e. The normalized spacial score (nSPS) is 9.69. The summed E-state index contributed by atoms with van der Waals surface area (Å²) in [6.45, 7) is 2.72. The molecule has 0 aliphatic rings. The van der Waals surface area contributed by atoms with Crippen molar-refractivity contribution in [3.63, 3.8) is 0 Å². The molecule has 0 fully saturated rings. The van der Waals surface area contributed by atoms with Gasteiger partial charge in [0.2, 0.25) is 0 Å². The molecule has 0 aliphatic heterocycles. The van der Waals surface area contributed by atoms with Gasteiger partial charge in [-0.05, 0) is 0 Å². The maximum Gasteiger partial charge on any atom is 0.404 e. The number of hydrogen-bond acceptors (Lipinski definition) is 4. The lowest BCUT2D eigenvalue weighted by molar-refractivity contribution is 0.0210. The van der Waals surface area contributed by atoms with E-state index in [1.807, 2.05) is 0 Å². The van der Waals surface area contributed by atoms with Gasteiger partial charge in [0, 0.05) is 6.54 Å². The van der Waals surface area contributed by atoms with Gasteiger partial charge < -0.3 is 24.6 Å². The fourth-order valence-corrected chi connectivity index (χ4v) is 0.801. The van der Waals surface area contributed by atoms with E-state index in [1.54, 1.807) is 0 Å². The molecule has 6 heteroatoms. The van der Waals surface area contributed by atoms with Crippen molar-refractivity contribution in [3.8, 4) is 12.3 Å². The van der Waals surface area contributed by atoms with E-state index in [0.29, 0.717) is 39.6 Å². The Hall–Kier alpha value is -1.29. The number of terminal acetylenes is 1. The number of rotatable bonds is 10. The molecule has 16 heavy (non-hydrogen) atoms. The molecule has 6 nitrogen and oxygen atoms in total. The molecule has 0 saturated carbocycles. The van der Waals surface area contributed by atoms with Gasteiger partial charge in [0.05, 0.1) is 33.0 Å². The highest BCUT2D eigenvalue weighted by Gasteiger charge is 1.93. The van der Waals surface area contributed by atoms with Crippen LogP contribution in [0.1, 0.15) is 0 Å². The average molecular weight is 231 g/mol. The maximum atomic E-state index is 10.0. The molecule has 0 aliphatic carbocycles. The fourth-order valence-electron chi connectivity index (χ4n) is 0.801. The number of amides is 1. The van der Waals surface area contributed by atoms with E-state index < -0.39 is 6.09 Å². The summed E-state index contributed by atoms with van der Waals surface area (Å²) in [7, 11) is 0. The van der Waals surface area contributed by atoms with Crippen molar-refractivity contribution in [2.75, 3.05) is 46.2 Å². The molecule has 0 radical (unpaired) electrons. The smallest absolute Gasteiger partial charge is 0.404 e. The second-order valence-electron chi connectivity index (χ2n) is 2.71. The molecule has 0 saturated heterocycles. The van der Waals surface area contributed by atoms with E-state index in [4.69, 9.17) is 25.7 Å². The van der Waals surface area contributed by atoms with Gasteiger partial charge in [0.15, 0.2) is 0 Å². The van der Waals surface area contributed by atoms with Crippen LogP contribution in [0.15, 0.2) is 0 Å². The van der Waals surface area contributed by atoms with Crippen LogP contribution in [-0.4, -0.2) is 57.4 Å². The maximum absolute atomic E-state index is 10.0. The van der Waals surface area contributed by atoms with Crippen molar-refractivity contribution in [2.45, 2.75) is 0 Å². The van der Waals surface area contributed by atoms with Gasteiger partial charge in [-0.15, -0.1) is 6.42 Å². The zero-order valence-corrected chi connectivity index (χ0v) is 9.11. The summed E-state index contributed by atoms with van der Waals surface area (Å²) in [6.07, 6.45) is 3.92. The van der Waals surface area contributed by atoms with Crippen LogP contribution >= 0.6 is 0 Å². The Morgan fingerprint density at radius 3 is 2.25 bits per heavy atom. The Morgan fingerprint density at radius 1 is 1.12 bits per heavy atom. The lowest BCUT2D eigenvalue weighted by Gasteiger charge is -2.05. The first-order chi connectivity index (χ1) is 7.77. The van der Waals surface area contributed by atoms with Gasteiger partial charge in [0.25, 0.3) is 0 Å². The van der Waals surface area contributed by atoms with Crippen molar-refractivity contribution in [2.24, 2.45) is 0 Å². The average Bonchev–Trinajstić information content (AvgIpc) is 2.25. The molecule has 0 heterocycles. The first kappa shape index (κ1) is 14.7. The monoisotopic (exact) mass is 231 g/mol. The van der Waals surface area contributed by atoms with Crippen molar-refractivity contribution in [3.05, 3.63) is 0 Å². The highest BCUT2D eigenvalue weighted by Crippen LogP contribution is 1.80. The van der Waals surface area contributed by atoms with Crippen molar-refractivity contribution in [1.82, 2.24) is 5.32 Å². The van der Waals surface area contributed by atoms with Crippen LogP contribution in [0.5, 0.6) is 0 Å². The zero-order valence-electron chi connectivity index (χ0n) is 9.11. The van der Waals surface area contributed by atoms with Gasteiger partial charge in [-0.2, -0.15) is 0 Å². The molecule has 0 aromatic carbocycles. The van der Waals surface area contributed by atoms with Crippen LogP contribution < -0.4 is 5.32 Å². The van der Waals surface area contributed by atoms with E-state index in [-0.39, 0.29) is 6.54 Å². The van der Waals surface area contributed by atoms with Crippen LogP contribution in [-0.2, 0) is 14.2 Å². The van der Waals surface area contributed by atoms with Gasteiger partial charge in [-0.1, -0.05) is 5.92 Å². The number of hydrogen-bond donors (Lipinski definition) is 2. The molecule has 0 aromatic rings. The van der Waals surface area contributed by atoms with Crippen LogP contribution in [0.4, 0.5) is 4.79 Å². The van der Waals surface area contributed by atoms with Crippen molar-refractivity contribution < 1.29 is 24.1 Å². The molecule has 0 rings (SSSR count). The fraction of sp³-hybridized carbons (Fsp3) is 0.700. The topological polar surface area (TPSA) is 77.0 Å². The predicted octanol–water partition coefficient (Wildman–Crippen LogP) is -0.0630. The minimum atomic E-state index is -1.05. The lowest BCUT2D eigenvalue weighted by Crippen LogP contribution is -2.25.